The maximum atomic E-state index is 12.3. The largest absolute Gasteiger partial charge is 0.417 e. The summed E-state index contributed by atoms with van der Waals surface area (Å²) in [5.74, 6) is 0.574. The highest BCUT2D eigenvalue weighted by Crippen LogP contribution is 2.28. The van der Waals surface area contributed by atoms with Gasteiger partial charge in [-0.3, -0.25) is 4.98 Å². The van der Waals surface area contributed by atoms with Gasteiger partial charge in [-0.25, -0.2) is 0 Å². The van der Waals surface area contributed by atoms with Crippen molar-refractivity contribution in [1.82, 2.24) is 9.88 Å². The first-order valence-corrected chi connectivity index (χ1v) is 6.03. The van der Waals surface area contributed by atoms with Crippen LogP contribution in [0.15, 0.2) is 18.3 Å². The summed E-state index contributed by atoms with van der Waals surface area (Å²) in [5, 5.41) is 0. The average molecular weight is 260 g/mol. The highest BCUT2D eigenvalue weighted by atomic mass is 19.4. The number of alkyl halides is 3. The first-order chi connectivity index (χ1) is 8.32. The molecule has 1 heterocycles. The zero-order valence-corrected chi connectivity index (χ0v) is 11.0. The molecule has 5 heteroatoms. The van der Waals surface area contributed by atoms with Crippen molar-refractivity contribution in [3.05, 3.63) is 29.6 Å². The smallest absolute Gasteiger partial charge is 0.300 e. The molecule has 1 unspecified atom stereocenters. The molecule has 0 aromatic carbocycles. The minimum Gasteiger partial charge on any atom is -0.300 e. The van der Waals surface area contributed by atoms with Crippen molar-refractivity contribution < 1.29 is 13.2 Å². The summed E-state index contributed by atoms with van der Waals surface area (Å²) in [6.45, 7) is 5.76. The highest BCUT2D eigenvalue weighted by molar-refractivity contribution is 5.16. The molecule has 18 heavy (non-hydrogen) atoms. The zero-order valence-electron chi connectivity index (χ0n) is 11.0. The fourth-order valence-corrected chi connectivity index (χ4v) is 1.69. The Morgan fingerprint density at radius 3 is 2.44 bits per heavy atom. The van der Waals surface area contributed by atoms with Gasteiger partial charge in [-0.1, -0.05) is 20.3 Å². The molecule has 0 aliphatic heterocycles. The molecule has 1 aromatic heterocycles. The molecule has 0 bridgehead atoms. The zero-order chi connectivity index (χ0) is 13.8. The van der Waals surface area contributed by atoms with E-state index in [2.05, 4.69) is 23.7 Å². The summed E-state index contributed by atoms with van der Waals surface area (Å²) in [6, 6.07) is 2.52. The van der Waals surface area contributed by atoms with Crippen molar-refractivity contribution in [2.45, 2.75) is 33.0 Å². The minimum atomic E-state index is -4.31. The molecule has 0 aliphatic rings. The Labute approximate surface area is 106 Å². The summed E-state index contributed by atoms with van der Waals surface area (Å²) < 4.78 is 37.0. The highest BCUT2D eigenvalue weighted by Gasteiger charge is 2.30. The molecule has 1 atom stereocenters. The lowest BCUT2D eigenvalue weighted by Gasteiger charge is -2.20. The van der Waals surface area contributed by atoms with Crippen LogP contribution in [-0.2, 0) is 12.7 Å². The molecule has 0 saturated heterocycles. The number of hydrogen-bond acceptors (Lipinski definition) is 2. The summed E-state index contributed by atoms with van der Waals surface area (Å²) in [7, 11) is 1.95. The second-order valence-electron chi connectivity index (χ2n) is 4.75. The van der Waals surface area contributed by atoms with E-state index >= 15 is 0 Å². The number of hydrogen-bond donors (Lipinski definition) is 0. The van der Waals surface area contributed by atoms with Gasteiger partial charge in [0.05, 0.1) is 11.3 Å². The molecule has 0 amide bonds. The third-order valence-electron chi connectivity index (χ3n) is 2.90. The van der Waals surface area contributed by atoms with Crippen LogP contribution in [-0.4, -0.2) is 23.5 Å². The number of halogens is 3. The van der Waals surface area contributed by atoms with Gasteiger partial charge in [-0.05, 0) is 25.1 Å². The van der Waals surface area contributed by atoms with Gasteiger partial charge < -0.3 is 4.90 Å². The van der Waals surface area contributed by atoms with E-state index in [0.717, 1.165) is 25.2 Å². The number of aromatic nitrogens is 1. The molecule has 102 valence electrons. The number of rotatable bonds is 5. The molecule has 0 fully saturated rings. The third kappa shape index (κ3) is 4.64. The Morgan fingerprint density at radius 1 is 1.33 bits per heavy atom. The fraction of sp³-hybridized carbons (Fsp3) is 0.615. The Hall–Kier alpha value is -1.10. The summed E-state index contributed by atoms with van der Waals surface area (Å²) in [6.07, 6.45) is -2.33. The van der Waals surface area contributed by atoms with Crippen LogP contribution in [0.5, 0.6) is 0 Å². The predicted molar refractivity (Wildman–Crippen MR) is 65.0 cm³/mol. The summed E-state index contributed by atoms with van der Waals surface area (Å²) in [4.78, 5) is 5.93. The molecule has 0 radical (unpaired) electrons. The van der Waals surface area contributed by atoms with Crippen LogP contribution in [0.4, 0.5) is 13.2 Å². The SMILES string of the molecule is CCC(C)CN(C)Cc1ccc(C(F)(F)F)cn1. The number of pyridine rings is 1. The van der Waals surface area contributed by atoms with Gasteiger partial charge in [-0.15, -0.1) is 0 Å². The molecule has 1 rings (SSSR count). The van der Waals surface area contributed by atoms with Crippen LogP contribution in [0.2, 0.25) is 0 Å². The molecule has 1 aromatic rings. The van der Waals surface area contributed by atoms with E-state index in [9.17, 15) is 13.2 Å². The molecular formula is C13H19F3N2. The molecule has 2 nitrogen and oxygen atoms in total. The van der Waals surface area contributed by atoms with Crippen LogP contribution < -0.4 is 0 Å². The first kappa shape index (κ1) is 15.0. The normalized spacial score (nSPS) is 13.9. The van der Waals surface area contributed by atoms with Gasteiger partial charge in [0.25, 0.3) is 0 Å². The van der Waals surface area contributed by atoms with Crippen LogP contribution >= 0.6 is 0 Å². The summed E-state index contributed by atoms with van der Waals surface area (Å²) >= 11 is 0. The molecule has 0 N–H and O–H groups in total. The standard InChI is InChI=1S/C13H19F3N2/c1-4-10(2)8-18(3)9-12-6-5-11(7-17-12)13(14,15)16/h5-7,10H,4,8-9H2,1-3H3. The van der Waals surface area contributed by atoms with Crippen LogP contribution in [0.1, 0.15) is 31.5 Å². The molecule has 0 saturated carbocycles. The second-order valence-corrected chi connectivity index (χ2v) is 4.75. The molecule has 0 aliphatic carbocycles. The lowest BCUT2D eigenvalue weighted by atomic mass is 10.1. The lowest BCUT2D eigenvalue weighted by molar-refractivity contribution is -0.137. The Balaban J connectivity index is 2.58. The third-order valence-corrected chi connectivity index (χ3v) is 2.90. The Bertz CT molecular complexity index is 359. The van der Waals surface area contributed by atoms with Gasteiger partial charge >= 0.3 is 6.18 Å². The van der Waals surface area contributed by atoms with E-state index in [-0.39, 0.29) is 0 Å². The number of nitrogens with zero attached hydrogens (tertiary/aromatic N) is 2. The van der Waals surface area contributed by atoms with Crippen molar-refractivity contribution in [3.63, 3.8) is 0 Å². The van der Waals surface area contributed by atoms with E-state index in [4.69, 9.17) is 0 Å². The van der Waals surface area contributed by atoms with E-state index in [1.165, 1.54) is 6.07 Å². The van der Waals surface area contributed by atoms with Crippen molar-refractivity contribution in [2.75, 3.05) is 13.6 Å². The van der Waals surface area contributed by atoms with Gasteiger partial charge in [-0.2, -0.15) is 13.2 Å². The topological polar surface area (TPSA) is 16.1 Å². The van der Waals surface area contributed by atoms with Crippen LogP contribution in [0.3, 0.4) is 0 Å². The lowest BCUT2D eigenvalue weighted by Crippen LogP contribution is -2.24. The van der Waals surface area contributed by atoms with E-state index < -0.39 is 11.7 Å². The van der Waals surface area contributed by atoms with E-state index in [0.29, 0.717) is 18.2 Å². The minimum absolute atomic E-state index is 0.572. The maximum Gasteiger partial charge on any atom is 0.417 e. The van der Waals surface area contributed by atoms with Crippen molar-refractivity contribution >= 4 is 0 Å². The molecular weight excluding hydrogens is 241 g/mol. The Morgan fingerprint density at radius 2 is 2.00 bits per heavy atom. The van der Waals surface area contributed by atoms with Crippen molar-refractivity contribution in [2.24, 2.45) is 5.92 Å². The Kier molecular flexibility index (Phi) is 5.14. The van der Waals surface area contributed by atoms with E-state index in [1.807, 2.05) is 7.05 Å². The van der Waals surface area contributed by atoms with Crippen LogP contribution in [0.25, 0.3) is 0 Å². The van der Waals surface area contributed by atoms with Crippen molar-refractivity contribution in [3.8, 4) is 0 Å². The molecule has 0 spiro atoms. The maximum absolute atomic E-state index is 12.3. The van der Waals surface area contributed by atoms with Crippen LogP contribution in [0, 0.1) is 5.92 Å². The second kappa shape index (κ2) is 6.18. The summed E-state index contributed by atoms with van der Waals surface area (Å²) in [5.41, 5.74) is -0.0374. The van der Waals surface area contributed by atoms with Gasteiger partial charge in [0.15, 0.2) is 0 Å². The van der Waals surface area contributed by atoms with Crippen molar-refractivity contribution in [1.29, 1.82) is 0 Å². The average Bonchev–Trinajstić information content (AvgIpc) is 2.28. The fourth-order valence-electron chi connectivity index (χ4n) is 1.69. The van der Waals surface area contributed by atoms with E-state index in [1.54, 1.807) is 0 Å². The predicted octanol–water partition coefficient (Wildman–Crippen LogP) is 3.58. The van der Waals surface area contributed by atoms with Gasteiger partial charge in [0.2, 0.25) is 0 Å². The van der Waals surface area contributed by atoms with Gasteiger partial charge in [0, 0.05) is 19.3 Å². The quantitative estimate of drug-likeness (QED) is 0.804. The first-order valence-electron chi connectivity index (χ1n) is 6.03. The monoisotopic (exact) mass is 260 g/mol. The van der Waals surface area contributed by atoms with Gasteiger partial charge in [0.1, 0.15) is 0 Å².